The van der Waals surface area contributed by atoms with Gasteiger partial charge in [-0.2, -0.15) is 0 Å². The Labute approximate surface area is 58.7 Å². The summed E-state index contributed by atoms with van der Waals surface area (Å²) in [6.45, 7) is 3.96. The van der Waals surface area contributed by atoms with E-state index < -0.39 is 0 Å². The van der Waals surface area contributed by atoms with Crippen LogP contribution in [0, 0.1) is 0 Å². The van der Waals surface area contributed by atoms with Crippen LogP contribution in [0.5, 0.6) is 0 Å². The Morgan fingerprint density at radius 2 is 2.22 bits per heavy atom. The number of rotatable bonds is 1. The van der Waals surface area contributed by atoms with Crippen molar-refractivity contribution in [2.24, 2.45) is 0 Å². The summed E-state index contributed by atoms with van der Waals surface area (Å²) in [6.07, 6.45) is 0. The molecule has 0 unspecified atom stereocenters. The van der Waals surface area contributed by atoms with Gasteiger partial charge in [0.25, 0.3) is 0 Å². The molecule has 0 N–H and O–H groups in total. The summed E-state index contributed by atoms with van der Waals surface area (Å²) in [7, 11) is 0. The first kappa shape index (κ1) is 6.41. The Bertz CT molecular complexity index is 194. The summed E-state index contributed by atoms with van der Waals surface area (Å²) in [5.41, 5.74) is 0. The Morgan fingerprint density at radius 1 is 1.56 bits per heavy atom. The molecule has 0 aromatic carbocycles. The normalized spacial score (nSPS) is 10.6. The molecule has 1 radical (unpaired) electrons. The first-order valence-electron chi connectivity index (χ1n) is 2.66. The minimum absolute atomic E-state index is 0.257. The first-order chi connectivity index (χ1) is 4.22. The highest BCUT2D eigenvalue weighted by molar-refractivity contribution is 7.80. The van der Waals surface area contributed by atoms with Gasteiger partial charge in [0.15, 0.2) is 0 Å². The van der Waals surface area contributed by atoms with Gasteiger partial charge < -0.3 is 0 Å². The van der Waals surface area contributed by atoms with E-state index in [0.29, 0.717) is 5.16 Å². The van der Waals surface area contributed by atoms with Crippen molar-refractivity contribution in [1.29, 1.82) is 0 Å². The van der Waals surface area contributed by atoms with E-state index in [-0.39, 0.29) is 6.04 Å². The molecule has 9 heavy (non-hydrogen) atoms. The highest BCUT2D eigenvalue weighted by atomic mass is 32.1. The zero-order chi connectivity index (χ0) is 6.85. The predicted octanol–water partition coefficient (Wildman–Crippen LogP) is 0.810. The molecule has 1 aromatic heterocycles. The average molecular weight is 143 g/mol. The monoisotopic (exact) mass is 143 g/mol. The van der Waals surface area contributed by atoms with E-state index in [2.05, 4.69) is 15.5 Å². The summed E-state index contributed by atoms with van der Waals surface area (Å²) in [5.74, 6) is 0. The van der Waals surface area contributed by atoms with Crippen molar-refractivity contribution in [3.63, 3.8) is 0 Å². The zero-order valence-electron chi connectivity index (χ0n) is 5.27. The van der Waals surface area contributed by atoms with Gasteiger partial charge in [0.05, 0.1) is 6.04 Å². The van der Waals surface area contributed by atoms with Gasteiger partial charge in [-0.3, -0.25) is 0 Å². The van der Waals surface area contributed by atoms with Crippen molar-refractivity contribution >= 4 is 12.6 Å². The molecule has 1 aromatic rings. The predicted molar refractivity (Wildman–Crippen MR) is 34.1 cm³/mol. The maximum Gasteiger partial charge on any atom is 0.240 e. The average Bonchev–Trinajstić information content (AvgIpc) is 2.13. The van der Waals surface area contributed by atoms with Crippen molar-refractivity contribution < 1.29 is 0 Å². The summed E-state index contributed by atoms with van der Waals surface area (Å²) in [5, 5.41) is 11.1. The van der Waals surface area contributed by atoms with Crippen LogP contribution in [0.15, 0.2) is 5.16 Å². The second kappa shape index (κ2) is 2.26. The molecule has 0 aliphatic carbocycles. The lowest BCUT2D eigenvalue weighted by Crippen LogP contribution is -2.03. The van der Waals surface area contributed by atoms with Crippen LogP contribution < -0.4 is 0 Å². The van der Waals surface area contributed by atoms with Crippen molar-refractivity contribution in [2.45, 2.75) is 25.0 Å². The van der Waals surface area contributed by atoms with E-state index in [0.717, 1.165) is 0 Å². The number of nitrogens with zero attached hydrogens (tertiary/aromatic N) is 4. The molecule has 0 aliphatic heterocycles. The molecule has 0 atom stereocenters. The van der Waals surface area contributed by atoms with Gasteiger partial charge in [0, 0.05) is 0 Å². The second-order valence-electron chi connectivity index (χ2n) is 2.00. The molecule has 4 nitrogen and oxygen atoms in total. The van der Waals surface area contributed by atoms with Crippen LogP contribution >= 0.6 is 12.6 Å². The molecule has 0 fully saturated rings. The summed E-state index contributed by atoms with van der Waals surface area (Å²) >= 11 is 4.79. The van der Waals surface area contributed by atoms with Crippen LogP contribution in [-0.4, -0.2) is 20.2 Å². The fourth-order valence-electron chi connectivity index (χ4n) is 0.510. The SMILES string of the molecule is CC(C)n1nnnc1[S]. The largest absolute Gasteiger partial charge is 0.240 e. The third kappa shape index (κ3) is 1.16. The van der Waals surface area contributed by atoms with Crippen LogP contribution in [0.3, 0.4) is 0 Å². The van der Waals surface area contributed by atoms with E-state index in [1.807, 2.05) is 13.8 Å². The zero-order valence-corrected chi connectivity index (χ0v) is 6.09. The number of aromatic nitrogens is 4. The molecule has 0 saturated heterocycles. The standard InChI is InChI=1S/C4H7N4S/c1-3(2)8-4(9)5-6-7-8/h3H,1-2H3. The van der Waals surface area contributed by atoms with Gasteiger partial charge in [-0.1, -0.05) is 5.10 Å². The van der Waals surface area contributed by atoms with Crippen LogP contribution in [0.1, 0.15) is 19.9 Å². The molecule has 1 rings (SSSR count). The molecule has 0 aliphatic rings. The topological polar surface area (TPSA) is 43.6 Å². The maximum absolute atomic E-state index is 4.79. The number of hydrogen-bond donors (Lipinski definition) is 0. The maximum atomic E-state index is 4.79. The molecule has 5 heteroatoms. The molecule has 0 bridgehead atoms. The quantitative estimate of drug-likeness (QED) is 0.584. The van der Waals surface area contributed by atoms with Gasteiger partial charge >= 0.3 is 0 Å². The van der Waals surface area contributed by atoms with Crippen molar-refractivity contribution in [3.05, 3.63) is 0 Å². The van der Waals surface area contributed by atoms with Crippen LogP contribution in [-0.2, 0) is 0 Å². The Hall–Kier alpha value is -0.710. The van der Waals surface area contributed by atoms with Gasteiger partial charge in [-0.05, 0) is 36.9 Å². The number of hydrogen-bond acceptors (Lipinski definition) is 3. The summed E-state index contributed by atoms with van der Waals surface area (Å²) in [4.78, 5) is 0. The Kier molecular flexibility index (Phi) is 1.61. The fourth-order valence-corrected chi connectivity index (χ4v) is 0.793. The third-order valence-corrected chi connectivity index (χ3v) is 1.22. The molecule has 49 valence electrons. The lowest BCUT2D eigenvalue weighted by molar-refractivity contribution is 0.478. The number of tetrazole rings is 1. The lowest BCUT2D eigenvalue weighted by Gasteiger charge is -2.01. The van der Waals surface area contributed by atoms with Crippen molar-refractivity contribution in [1.82, 2.24) is 20.2 Å². The third-order valence-electron chi connectivity index (χ3n) is 0.952. The van der Waals surface area contributed by atoms with Crippen molar-refractivity contribution in [3.8, 4) is 0 Å². The fraction of sp³-hybridized carbons (Fsp3) is 0.750. The van der Waals surface area contributed by atoms with Crippen LogP contribution in [0.2, 0.25) is 0 Å². The highest BCUT2D eigenvalue weighted by Gasteiger charge is 2.03. The highest BCUT2D eigenvalue weighted by Crippen LogP contribution is 2.05. The van der Waals surface area contributed by atoms with Crippen molar-refractivity contribution in [2.75, 3.05) is 0 Å². The molecule has 0 saturated carbocycles. The molecular formula is C4H7N4S. The minimum atomic E-state index is 0.257. The summed E-state index contributed by atoms with van der Waals surface area (Å²) < 4.78 is 1.59. The van der Waals surface area contributed by atoms with E-state index in [9.17, 15) is 0 Å². The van der Waals surface area contributed by atoms with E-state index in [1.165, 1.54) is 0 Å². The molecule has 1 heterocycles. The van der Waals surface area contributed by atoms with E-state index >= 15 is 0 Å². The Morgan fingerprint density at radius 3 is 2.44 bits per heavy atom. The van der Waals surface area contributed by atoms with Gasteiger partial charge in [0.2, 0.25) is 5.16 Å². The second-order valence-corrected chi connectivity index (χ2v) is 2.36. The van der Waals surface area contributed by atoms with E-state index in [1.54, 1.807) is 4.68 Å². The molecular weight excluding hydrogens is 136 g/mol. The lowest BCUT2D eigenvalue weighted by atomic mass is 10.4. The smallest absolute Gasteiger partial charge is 0.214 e. The van der Waals surface area contributed by atoms with Crippen LogP contribution in [0.4, 0.5) is 0 Å². The molecule has 0 amide bonds. The first-order valence-corrected chi connectivity index (χ1v) is 3.07. The van der Waals surface area contributed by atoms with Gasteiger partial charge in [-0.25, -0.2) is 4.68 Å². The van der Waals surface area contributed by atoms with Gasteiger partial charge in [0.1, 0.15) is 0 Å². The van der Waals surface area contributed by atoms with E-state index in [4.69, 9.17) is 12.6 Å². The summed E-state index contributed by atoms with van der Waals surface area (Å²) in [6, 6.07) is 0.257. The van der Waals surface area contributed by atoms with Gasteiger partial charge in [-0.15, -0.1) is 0 Å². The minimum Gasteiger partial charge on any atom is -0.214 e. The Balaban J connectivity index is 2.94. The molecule has 0 spiro atoms. The van der Waals surface area contributed by atoms with Crippen LogP contribution in [0.25, 0.3) is 0 Å².